The van der Waals surface area contributed by atoms with Gasteiger partial charge in [-0.2, -0.15) is 0 Å². The number of benzene rings is 1. The molecule has 0 aliphatic carbocycles. The zero-order chi connectivity index (χ0) is 11.0. The Morgan fingerprint density at radius 3 is 2.93 bits per heavy atom. The maximum atomic E-state index is 11.1. The molecular weight excluding hydrogens is 213 g/mol. The average molecular weight is 225 g/mol. The van der Waals surface area contributed by atoms with E-state index in [4.69, 9.17) is 5.11 Å². The van der Waals surface area contributed by atoms with E-state index in [0.29, 0.717) is 6.54 Å². The highest BCUT2D eigenvalue weighted by Gasteiger charge is 2.30. The molecule has 15 heavy (non-hydrogen) atoms. The van der Waals surface area contributed by atoms with Gasteiger partial charge in [0, 0.05) is 6.54 Å². The number of hydrogen-bond acceptors (Lipinski definition) is 3. The number of hydrogen-bond donors (Lipinski definition) is 2. The quantitative estimate of drug-likeness (QED) is 0.704. The highest BCUT2D eigenvalue weighted by Crippen LogP contribution is 2.33. The van der Waals surface area contributed by atoms with Gasteiger partial charge in [0.15, 0.2) is 0 Å². The van der Waals surface area contributed by atoms with Gasteiger partial charge in [0.05, 0.1) is 0 Å². The average Bonchev–Trinajstić information content (AvgIpc) is 2.17. The van der Waals surface area contributed by atoms with Crippen LogP contribution in [0.2, 0.25) is 0 Å². The van der Waals surface area contributed by atoms with Gasteiger partial charge in [-0.25, -0.2) is 0 Å². The second kappa shape index (κ2) is 3.80. The van der Waals surface area contributed by atoms with Gasteiger partial charge in [0.25, 0.3) is 0 Å². The molecule has 1 aromatic carbocycles. The largest absolute Gasteiger partial charge is 0.508 e. The highest BCUT2D eigenvalue weighted by atomic mass is 31.0. The lowest BCUT2D eigenvalue weighted by Crippen LogP contribution is -2.32. The molecule has 2 rings (SSSR count). The number of fused-ring (bicyclic) bond motifs is 1. The number of nitrogens with zero attached hydrogens (tertiary/aromatic N) is 1. The first-order valence-electron chi connectivity index (χ1n) is 4.65. The second-order valence-corrected chi connectivity index (χ2v) is 4.28. The van der Waals surface area contributed by atoms with Crippen LogP contribution in [0.3, 0.4) is 0 Å². The van der Waals surface area contributed by atoms with Crippen LogP contribution < -0.4 is 0 Å². The molecule has 0 aromatic heterocycles. The zero-order valence-corrected chi connectivity index (χ0v) is 9.21. The summed E-state index contributed by atoms with van der Waals surface area (Å²) >= 11 is 0. The predicted molar refractivity (Wildman–Crippen MR) is 58.6 cm³/mol. The first kappa shape index (κ1) is 10.4. The molecule has 0 saturated heterocycles. The van der Waals surface area contributed by atoms with E-state index in [-0.39, 0.29) is 5.75 Å². The van der Waals surface area contributed by atoms with E-state index < -0.39 is 12.0 Å². The SMILES string of the molecule is O=C(O)C1c2ccc(O)cc2CCN1P. The third-order valence-corrected chi connectivity index (χ3v) is 3.18. The topological polar surface area (TPSA) is 60.8 Å². The molecular formula is C10H12NO3P. The van der Waals surface area contributed by atoms with Crippen LogP contribution in [-0.2, 0) is 11.2 Å². The lowest BCUT2D eigenvalue weighted by Gasteiger charge is -2.31. The summed E-state index contributed by atoms with van der Waals surface area (Å²) in [6, 6.07) is 4.22. The molecule has 0 spiro atoms. The van der Waals surface area contributed by atoms with E-state index in [2.05, 4.69) is 9.39 Å². The summed E-state index contributed by atoms with van der Waals surface area (Å²) in [4.78, 5) is 11.1. The third-order valence-electron chi connectivity index (χ3n) is 2.63. The molecule has 80 valence electrons. The summed E-state index contributed by atoms with van der Waals surface area (Å²) in [5.74, 6) is -0.674. The molecule has 5 heteroatoms. The van der Waals surface area contributed by atoms with Crippen molar-refractivity contribution in [1.82, 2.24) is 4.67 Å². The van der Waals surface area contributed by atoms with Gasteiger partial charge in [-0.3, -0.25) is 9.46 Å². The Hall–Kier alpha value is -1.12. The smallest absolute Gasteiger partial charge is 0.325 e. The number of rotatable bonds is 1. The fourth-order valence-electron chi connectivity index (χ4n) is 1.91. The predicted octanol–water partition coefficient (Wildman–Crippen LogP) is 1.17. The highest BCUT2D eigenvalue weighted by molar-refractivity contribution is 7.13. The van der Waals surface area contributed by atoms with Crippen LogP contribution >= 0.6 is 9.39 Å². The van der Waals surface area contributed by atoms with Gasteiger partial charge in [-0.05, 0) is 29.7 Å². The van der Waals surface area contributed by atoms with Crippen LogP contribution in [0.15, 0.2) is 18.2 Å². The number of aliphatic carboxylic acids is 1. The lowest BCUT2D eigenvalue weighted by atomic mass is 9.94. The van der Waals surface area contributed by atoms with Crippen molar-refractivity contribution in [3.63, 3.8) is 0 Å². The Bertz CT molecular complexity index is 408. The number of carboxylic acid groups (broad SMARTS) is 1. The van der Waals surface area contributed by atoms with Crippen LogP contribution in [-0.4, -0.2) is 27.4 Å². The minimum Gasteiger partial charge on any atom is -0.508 e. The number of aromatic hydroxyl groups is 1. The van der Waals surface area contributed by atoms with Crippen LogP contribution in [0, 0.1) is 0 Å². The van der Waals surface area contributed by atoms with Crippen LogP contribution in [0.5, 0.6) is 5.75 Å². The minimum absolute atomic E-state index is 0.190. The van der Waals surface area contributed by atoms with E-state index in [9.17, 15) is 9.90 Å². The first-order chi connectivity index (χ1) is 7.09. The number of carbonyl (C=O) groups is 1. The van der Waals surface area contributed by atoms with Crippen LogP contribution in [0.1, 0.15) is 17.2 Å². The maximum Gasteiger partial charge on any atom is 0.325 e. The molecule has 1 aliphatic heterocycles. The number of carboxylic acids is 1. The van der Waals surface area contributed by atoms with E-state index >= 15 is 0 Å². The molecule has 2 N–H and O–H groups in total. The molecule has 2 atom stereocenters. The fourth-order valence-corrected chi connectivity index (χ4v) is 2.32. The van der Waals surface area contributed by atoms with Crippen molar-refractivity contribution in [1.29, 1.82) is 0 Å². The van der Waals surface area contributed by atoms with Crippen molar-refractivity contribution in [3.05, 3.63) is 29.3 Å². The monoisotopic (exact) mass is 225 g/mol. The molecule has 0 saturated carbocycles. The van der Waals surface area contributed by atoms with E-state index in [1.807, 2.05) is 0 Å². The third kappa shape index (κ3) is 1.83. The van der Waals surface area contributed by atoms with E-state index in [0.717, 1.165) is 17.5 Å². The lowest BCUT2D eigenvalue weighted by molar-refractivity contribution is -0.141. The Morgan fingerprint density at radius 2 is 2.27 bits per heavy atom. The first-order valence-corrected chi connectivity index (χ1v) is 5.17. The maximum absolute atomic E-state index is 11.1. The van der Waals surface area contributed by atoms with Gasteiger partial charge < -0.3 is 10.2 Å². The Balaban J connectivity index is 2.48. The molecule has 0 radical (unpaired) electrons. The van der Waals surface area contributed by atoms with Crippen molar-refractivity contribution >= 4 is 15.4 Å². The molecule has 1 aliphatic rings. The number of phenolic OH excluding ortho intramolecular Hbond substituents is 1. The Morgan fingerprint density at radius 1 is 1.53 bits per heavy atom. The molecule has 0 fully saturated rings. The van der Waals surface area contributed by atoms with Crippen LogP contribution in [0.4, 0.5) is 0 Å². The summed E-state index contributed by atoms with van der Waals surface area (Å²) in [5.41, 5.74) is 1.68. The molecule has 2 unspecified atom stereocenters. The number of phenols is 1. The van der Waals surface area contributed by atoms with Crippen molar-refractivity contribution < 1.29 is 15.0 Å². The normalized spacial score (nSPS) is 21.0. The van der Waals surface area contributed by atoms with Gasteiger partial charge in [-0.15, -0.1) is 0 Å². The molecule has 4 nitrogen and oxygen atoms in total. The Labute approximate surface area is 89.8 Å². The van der Waals surface area contributed by atoms with Crippen molar-refractivity contribution in [2.45, 2.75) is 12.5 Å². The van der Waals surface area contributed by atoms with Gasteiger partial charge >= 0.3 is 5.97 Å². The van der Waals surface area contributed by atoms with Crippen molar-refractivity contribution in [2.75, 3.05) is 6.54 Å². The van der Waals surface area contributed by atoms with Crippen LogP contribution in [0.25, 0.3) is 0 Å². The van der Waals surface area contributed by atoms with Gasteiger partial charge in [-0.1, -0.05) is 15.5 Å². The zero-order valence-electron chi connectivity index (χ0n) is 8.05. The summed E-state index contributed by atoms with van der Waals surface area (Å²) < 4.78 is 1.72. The molecule has 1 aromatic rings. The molecule has 0 bridgehead atoms. The van der Waals surface area contributed by atoms with Crippen molar-refractivity contribution in [2.24, 2.45) is 0 Å². The Kier molecular flexibility index (Phi) is 2.63. The summed E-state index contributed by atoms with van der Waals surface area (Å²) in [7, 11) is 2.44. The molecule has 1 heterocycles. The van der Waals surface area contributed by atoms with Gasteiger partial charge in [0.2, 0.25) is 0 Å². The van der Waals surface area contributed by atoms with Gasteiger partial charge in [0.1, 0.15) is 11.8 Å². The standard InChI is InChI=1S/C10H12NO3P/c12-7-1-2-8-6(5-7)3-4-11(15)9(8)10(13)14/h1-2,5,9,12H,3-4,15H2,(H,13,14). The second-order valence-electron chi connectivity index (χ2n) is 3.61. The summed E-state index contributed by atoms with van der Waals surface area (Å²) in [6.45, 7) is 0.665. The fraction of sp³-hybridized carbons (Fsp3) is 0.300. The summed E-state index contributed by atoms with van der Waals surface area (Å²) in [6.07, 6.45) is 0.761. The minimum atomic E-state index is -0.864. The molecule has 0 amide bonds. The van der Waals surface area contributed by atoms with E-state index in [1.165, 1.54) is 6.07 Å². The van der Waals surface area contributed by atoms with E-state index in [1.54, 1.807) is 16.8 Å². The summed E-state index contributed by atoms with van der Waals surface area (Å²) in [5, 5.41) is 18.4. The van der Waals surface area contributed by atoms with Crippen molar-refractivity contribution in [3.8, 4) is 5.75 Å².